The van der Waals surface area contributed by atoms with E-state index in [2.05, 4.69) is 10.2 Å². The first-order chi connectivity index (χ1) is 18.6. The first-order valence-electron chi connectivity index (χ1n) is 13.2. The number of nitrogens with zero attached hydrogens (tertiary/aromatic N) is 2. The molecule has 0 radical (unpaired) electrons. The maximum absolute atomic E-state index is 14.3. The van der Waals surface area contributed by atoms with Crippen LogP contribution in [0.3, 0.4) is 0 Å². The van der Waals surface area contributed by atoms with Gasteiger partial charge in [0.25, 0.3) is 11.8 Å². The second-order valence-electron chi connectivity index (χ2n) is 10.8. The van der Waals surface area contributed by atoms with Crippen molar-refractivity contribution in [1.29, 1.82) is 0 Å². The lowest BCUT2D eigenvalue weighted by atomic mass is 9.84. The average molecular weight is 572 g/mol. The zero-order chi connectivity index (χ0) is 27.3. The van der Waals surface area contributed by atoms with E-state index in [1.165, 1.54) is 0 Å². The Bertz CT molecular complexity index is 1370. The molecule has 1 atom stereocenters. The number of thioether (sulfide) groups is 1. The number of nitrogens with one attached hydrogen (secondary N) is 1. The zero-order valence-electron chi connectivity index (χ0n) is 21.2. The SMILES string of the molecule is O=C1CCC(N2Cc3cc(SC4CN(CC5=C(c6ccc(Cl)cc6)CCC(F)(F)C5)C4)ccc3C2=O)C(=O)N1. The van der Waals surface area contributed by atoms with Crippen molar-refractivity contribution in [2.24, 2.45) is 0 Å². The van der Waals surface area contributed by atoms with Gasteiger partial charge in [0.2, 0.25) is 11.8 Å². The highest BCUT2D eigenvalue weighted by molar-refractivity contribution is 8.00. The molecular weight excluding hydrogens is 544 g/mol. The van der Waals surface area contributed by atoms with Crippen molar-refractivity contribution in [3.63, 3.8) is 0 Å². The highest BCUT2D eigenvalue weighted by Gasteiger charge is 2.40. The molecule has 3 heterocycles. The topological polar surface area (TPSA) is 69.7 Å². The van der Waals surface area contributed by atoms with Crippen LogP contribution in [0.4, 0.5) is 8.78 Å². The molecule has 10 heteroatoms. The minimum Gasteiger partial charge on any atom is -0.322 e. The van der Waals surface area contributed by atoms with Gasteiger partial charge in [-0.25, -0.2) is 8.78 Å². The number of halogens is 3. The second-order valence-corrected chi connectivity index (χ2v) is 12.6. The molecule has 6 rings (SSSR count). The van der Waals surface area contributed by atoms with Crippen molar-refractivity contribution in [1.82, 2.24) is 15.1 Å². The number of alkyl halides is 2. The highest BCUT2D eigenvalue weighted by Crippen LogP contribution is 2.42. The van der Waals surface area contributed by atoms with Crippen LogP contribution in [0, 0.1) is 0 Å². The van der Waals surface area contributed by atoms with E-state index < -0.39 is 17.9 Å². The largest absolute Gasteiger partial charge is 0.322 e. The molecule has 0 bridgehead atoms. The fourth-order valence-corrected chi connectivity index (χ4v) is 7.39. The van der Waals surface area contributed by atoms with E-state index in [1.807, 2.05) is 30.3 Å². The third kappa shape index (κ3) is 5.49. The molecule has 1 aliphatic carbocycles. The summed E-state index contributed by atoms with van der Waals surface area (Å²) in [7, 11) is 0. The monoisotopic (exact) mass is 571 g/mol. The average Bonchev–Trinajstić information content (AvgIpc) is 3.18. The Balaban J connectivity index is 1.08. The molecular formula is C29H28ClF2N3O3S. The lowest BCUT2D eigenvalue weighted by Gasteiger charge is -2.41. The van der Waals surface area contributed by atoms with E-state index in [-0.39, 0.29) is 31.1 Å². The molecule has 0 aromatic heterocycles. The number of imide groups is 1. The summed E-state index contributed by atoms with van der Waals surface area (Å²) >= 11 is 7.75. The highest BCUT2D eigenvalue weighted by atomic mass is 35.5. The van der Waals surface area contributed by atoms with Crippen molar-refractivity contribution in [2.75, 3.05) is 19.6 Å². The minimum absolute atomic E-state index is 0.130. The van der Waals surface area contributed by atoms with Gasteiger partial charge in [0.15, 0.2) is 0 Å². The minimum atomic E-state index is -2.67. The number of benzene rings is 2. The summed E-state index contributed by atoms with van der Waals surface area (Å²) in [5.41, 5.74) is 4.27. The number of carbonyl (C=O) groups is 3. The summed E-state index contributed by atoms with van der Waals surface area (Å²) in [4.78, 5) is 41.5. The van der Waals surface area contributed by atoms with Crippen LogP contribution in [0.5, 0.6) is 0 Å². The van der Waals surface area contributed by atoms with Crippen molar-refractivity contribution in [2.45, 2.75) is 60.8 Å². The summed E-state index contributed by atoms with van der Waals surface area (Å²) in [6.07, 6.45) is 0.591. The van der Waals surface area contributed by atoms with Crippen molar-refractivity contribution < 1.29 is 23.2 Å². The molecule has 0 spiro atoms. The van der Waals surface area contributed by atoms with Crippen LogP contribution in [0.25, 0.3) is 5.57 Å². The molecule has 1 unspecified atom stereocenters. The standard InChI is InChI=1S/C29H28ClF2N3O3S/c30-20-3-1-17(2-4-20)23-9-10-29(31,32)12-19(23)13-34-15-22(16-34)39-21-5-6-24-18(11-21)14-35(28(24)38)25-7-8-26(36)33-27(25)37/h1-6,11,22,25H,7-10,12-16H2,(H,33,36,37). The van der Waals surface area contributed by atoms with E-state index in [0.717, 1.165) is 40.3 Å². The third-order valence-electron chi connectivity index (χ3n) is 7.97. The van der Waals surface area contributed by atoms with Gasteiger partial charge in [0.1, 0.15) is 6.04 Å². The predicted octanol–water partition coefficient (Wildman–Crippen LogP) is 5.15. The van der Waals surface area contributed by atoms with Gasteiger partial charge in [-0.05, 0) is 65.4 Å². The van der Waals surface area contributed by atoms with Gasteiger partial charge in [0.05, 0.1) is 0 Å². The maximum atomic E-state index is 14.3. The molecule has 3 amide bonds. The van der Waals surface area contributed by atoms with Gasteiger partial charge in [-0.1, -0.05) is 23.7 Å². The number of fused-ring (bicyclic) bond motifs is 1. The normalized spacial score (nSPS) is 23.6. The molecule has 39 heavy (non-hydrogen) atoms. The van der Waals surface area contributed by atoms with E-state index >= 15 is 0 Å². The van der Waals surface area contributed by atoms with Gasteiger partial charge in [0, 0.05) is 66.2 Å². The maximum Gasteiger partial charge on any atom is 0.255 e. The van der Waals surface area contributed by atoms with Gasteiger partial charge < -0.3 is 4.90 Å². The van der Waals surface area contributed by atoms with E-state index in [9.17, 15) is 23.2 Å². The molecule has 2 aromatic rings. The van der Waals surface area contributed by atoms with Gasteiger partial charge in [-0.3, -0.25) is 24.6 Å². The van der Waals surface area contributed by atoms with E-state index in [1.54, 1.807) is 28.8 Å². The van der Waals surface area contributed by atoms with Crippen LogP contribution >= 0.6 is 23.4 Å². The summed E-state index contributed by atoms with van der Waals surface area (Å²) in [5, 5.41) is 3.29. The number of carbonyl (C=O) groups excluding carboxylic acids is 3. The molecule has 6 nitrogen and oxygen atoms in total. The summed E-state index contributed by atoms with van der Waals surface area (Å²) in [6.45, 7) is 2.48. The van der Waals surface area contributed by atoms with Crippen LogP contribution in [-0.2, 0) is 16.1 Å². The molecule has 2 fully saturated rings. The molecule has 0 saturated carbocycles. The number of amides is 3. The van der Waals surface area contributed by atoms with Gasteiger partial charge >= 0.3 is 0 Å². The molecule has 2 aromatic carbocycles. The van der Waals surface area contributed by atoms with Crippen LogP contribution in [0.15, 0.2) is 52.9 Å². The Morgan fingerprint density at radius 1 is 1.05 bits per heavy atom. The number of hydrogen-bond donors (Lipinski definition) is 1. The van der Waals surface area contributed by atoms with Crippen LogP contribution < -0.4 is 5.32 Å². The van der Waals surface area contributed by atoms with Crippen LogP contribution in [0.2, 0.25) is 5.02 Å². The fourth-order valence-electron chi connectivity index (χ4n) is 5.96. The molecule has 2 saturated heterocycles. The van der Waals surface area contributed by atoms with Crippen LogP contribution in [0.1, 0.15) is 53.6 Å². The quantitative estimate of drug-likeness (QED) is 0.486. The summed E-state index contributed by atoms with van der Waals surface area (Å²) in [6, 6.07) is 12.6. The van der Waals surface area contributed by atoms with E-state index in [4.69, 9.17) is 11.6 Å². The number of rotatable bonds is 6. The first-order valence-corrected chi connectivity index (χ1v) is 14.4. The number of hydrogen-bond acceptors (Lipinski definition) is 5. The van der Waals surface area contributed by atoms with Crippen molar-refractivity contribution in [3.05, 3.63) is 69.8 Å². The Morgan fingerprint density at radius 3 is 2.56 bits per heavy atom. The molecule has 204 valence electrons. The third-order valence-corrected chi connectivity index (χ3v) is 9.38. The number of allylic oxidation sites excluding steroid dienone is 1. The van der Waals surface area contributed by atoms with Gasteiger partial charge in [-0.2, -0.15) is 0 Å². The van der Waals surface area contributed by atoms with E-state index in [0.29, 0.717) is 41.8 Å². The van der Waals surface area contributed by atoms with Crippen molar-refractivity contribution >= 4 is 46.7 Å². The number of likely N-dealkylation sites (tertiary alicyclic amines) is 1. The Hall–Kier alpha value is -2.75. The fraction of sp³-hybridized carbons (Fsp3) is 0.414. The molecule has 1 N–H and O–H groups in total. The molecule has 3 aliphatic heterocycles. The first kappa shape index (κ1) is 26.5. The Morgan fingerprint density at radius 2 is 1.82 bits per heavy atom. The lowest BCUT2D eigenvalue weighted by Crippen LogP contribution is -2.52. The number of piperidine rings is 1. The second kappa shape index (κ2) is 10.3. The summed E-state index contributed by atoms with van der Waals surface area (Å²) in [5.74, 6) is -3.57. The van der Waals surface area contributed by atoms with Gasteiger partial charge in [-0.15, -0.1) is 11.8 Å². The van der Waals surface area contributed by atoms with Crippen molar-refractivity contribution in [3.8, 4) is 0 Å². The molecule has 4 aliphatic rings. The Labute approximate surface area is 234 Å². The Kier molecular flexibility index (Phi) is 7.02. The lowest BCUT2D eigenvalue weighted by molar-refractivity contribution is -0.136. The summed E-state index contributed by atoms with van der Waals surface area (Å²) < 4.78 is 28.6. The van der Waals surface area contributed by atoms with Crippen LogP contribution in [-0.4, -0.2) is 64.4 Å². The zero-order valence-corrected chi connectivity index (χ0v) is 22.8. The smallest absolute Gasteiger partial charge is 0.255 e. The predicted molar refractivity (Wildman–Crippen MR) is 146 cm³/mol.